The van der Waals surface area contributed by atoms with Gasteiger partial charge in [-0.1, -0.05) is 27.7 Å². The number of β-lactam (4-membered cyclic amide) rings is 1. The van der Waals surface area contributed by atoms with Gasteiger partial charge in [0.05, 0.1) is 23.0 Å². The summed E-state index contributed by atoms with van der Waals surface area (Å²) >= 11 is 0. The first-order valence-electron chi connectivity index (χ1n) is 11.1. The van der Waals surface area contributed by atoms with Crippen LogP contribution in [0.4, 0.5) is 5.69 Å². The third-order valence-electron chi connectivity index (χ3n) is 7.28. The molecule has 0 bridgehead atoms. The Morgan fingerprint density at radius 2 is 1.79 bits per heavy atom. The van der Waals surface area contributed by atoms with Crippen molar-refractivity contribution < 1.29 is 28.5 Å². The molecule has 1 aromatic rings. The highest BCUT2D eigenvalue weighted by Gasteiger charge is 2.65. The predicted molar refractivity (Wildman–Crippen MR) is 123 cm³/mol. The molecule has 0 N–H and O–H groups in total. The molecule has 9 nitrogen and oxygen atoms in total. The van der Waals surface area contributed by atoms with Crippen molar-refractivity contribution in [3.8, 4) is 0 Å². The van der Waals surface area contributed by atoms with Gasteiger partial charge >= 0.3 is 5.97 Å². The predicted octanol–water partition coefficient (Wildman–Crippen LogP) is 3.46. The Bertz CT molecular complexity index is 970. The number of nitro groups is 1. The number of hydrogen-bond acceptors (Lipinski definition) is 7. The Balaban J connectivity index is 1.68. The number of hydrogen-bond donors (Lipinski definition) is 0. The minimum absolute atomic E-state index is 0.0188. The number of Topliss-reactive ketones (excluding diaryl/α,β-unsaturated/α-hetero) is 1. The number of nitrogens with zero attached hydrogens (tertiary/aromatic N) is 2. The fourth-order valence-electron chi connectivity index (χ4n) is 4.33. The van der Waals surface area contributed by atoms with Gasteiger partial charge in [-0.05, 0) is 42.8 Å². The summed E-state index contributed by atoms with van der Waals surface area (Å²) in [5, 5.41) is 10.7. The first-order chi connectivity index (χ1) is 15.2. The van der Waals surface area contributed by atoms with Crippen molar-refractivity contribution in [2.45, 2.75) is 77.5 Å². The lowest BCUT2D eigenvalue weighted by molar-refractivity contribution is -0.384. The van der Waals surface area contributed by atoms with Gasteiger partial charge in [0.2, 0.25) is 5.91 Å². The van der Waals surface area contributed by atoms with Crippen LogP contribution in [0, 0.1) is 22.0 Å². The van der Waals surface area contributed by atoms with Crippen LogP contribution in [-0.4, -0.2) is 54.0 Å². The van der Waals surface area contributed by atoms with E-state index in [0.717, 1.165) is 0 Å². The molecule has 1 amide bonds. The molecule has 0 saturated carbocycles. The third-order valence-corrected chi connectivity index (χ3v) is 11.9. The minimum Gasteiger partial charge on any atom is -0.459 e. The molecule has 10 heteroatoms. The summed E-state index contributed by atoms with van der Waals surface area (Å²) in [5.74, 6) is -2.33. The van der Waals surface area contributed by atoms with Crippen LogP contribution in [0.2, 0.25) is 18.1 Å². The van der Waals surface area contributed by atoms with E-state index in [4.69, 9.17) is 9.16 Å². The zero-order valence-electron chi connectivity index (χ0n) is 20.2. The summed E-state index contributed by atoms with van der Waals surface area (Å²) in [7, 11) is -2.12. The highest BCUT2D eigenvalue weighted by molar-refractivity contribution is 6.74. The van der Waals surface area contributed by atoms with Crippen LogP contribution in [0.5, 0.6) is 0 Å². The fourth-order valence-corrected chi connectivity index (χ4v) is 5.76. The second-order valence-corrected chi connectivity index (χ2v) is 15.2. The topological polar surface area (TPSA) is 116 Å². The molecule has 33 heavy (non-hydrogen) atoms. The molecule has 2 aliphatic rings. The largest absolute Gasteiger partial charge is 0.459 e. The minimum atomic E-state index is -2.12. The van der Waals surface area contributed by atoms with Crippen LogP contribution in [-0.2, 0) is 30.2 Å². The van der Waals surface area contributed by atoms with Crippen LogP contribution < -0.4 is 0 Å². The maximum absolute atomic E-state index is 13.0. The summed E-state index contributed by atoms with van der Waals surface area (Å²) in [6.07, 6.45) is -0.357. The number of non-ortho nitro benzene ring substituents is 1. The highest BCUT2D eigenvalue weighted by atomic mass is 28.4. The number of amides is 1. The number of benzene rings is 1. The van der Waals surface area contributed by atoms with Crippen LogP contribution in [0.3, 0.4) is 0 Å². The van der Waals surface area contributed by atoms with E-state index in [1.54, 1.807) is 6.92 Å². The average molecular weight is 477 g/mol. The molecule has 0 spiro atoms. The van der Waals surface area contributed by atoms with Crippen LogP contribution in [0.15, 0.2) is 24.3 Å². The molecule has 5 atom stereocenters. The van der Waals surface area contributed by atoms with Crippen molar-refractivity contribution in [3.05, 3.63) is 39.9 Å². The van der Waals surface area contributed by atoms with Crippen molar-refractivity contribution >= 4 is 31.7 Å². The molecular weight excluding hydrogens is 444 g/mol. The normalized spacial score (nSPS) is 26.0. The molecule has 2 saturated heterocycles. The smallest absolute Gasteiger partial charge is 0.337 e. The molecule has 1 aromatic carbocycles. The molecule has 180 valence electrons. The summed E-state index contributed by atoms with van der Waals surface area (Å²) in [6, 6.07) is 3.95. The van der Waals surface area contributed by atoms with Gasteiger partial charge in [-0.15, -0.1) is 0 Å². The van der Waals surface area contributed by atoms with Crippen LogP contribution >= 0.6 is 0 Å². The molecular formula is C23H32N2O7Si. The number of rotatable bonds is 7. The Kier molecular flexibility index (Phi) is 6.56. The summed E-state index contributed by atoms with van der Waals surface area (Å²) < 4.78 is 11.7. The average Bonchev–Trinajstić information content (AvgIpc) is 2.93. The number of esters is 1. The van der Waals surface area contributed by atoms with E-state index in [9.17, 15) is 24.5 Å². The monoisotopic (exact) mass is 476 g/mol. The molecule has 2 fully saturated rings. The maximum atomic E-state index is 13.0. The van der Waals surface area contributed by atoms with Crippen LogP contribution in [0.25, 0.3) is 0 Å². The Morgan fingerprint density at radius 3 is 2.30 bits per heavy atom. The van der Waals surface area contributed by atoms with Gasteiger partial charge in [0.25, 0.3) is 5.69 Å². The lowest BCUT2D eigenvalue weighted by atomic mass is 9.79. The van der Waals surface area contributed by atoms with Crippen molar-refractivity contribution in [1.29, 1.82) is 0 Å². The summed E-state index contributed by atoms with van der Waals surface area (Å²) in [5.41, 5.74) is 0.479. The first-order valence-corrected chi connectivity index (χ1v) is 14.0. The standard InChI is InChI=1S/C23H32N2O7Si/c1-13-18-17(14(2)32-33(6,7)23(3,4)5)21(27)24(18)19(20(13)26)22(28)31-12-15-8-10-16(11-9-15)25(29)30/h8-11,13-14,17-19H,12H2,1-7H3/t13-,14+,17+,18+,19+/m0/s1. The van der Waals surface area contributed by atoms with Crippen molar-refractivity contribution in [2.24, 2.45) is 11.8 Å². The second-order valence-electron chi connectivity index (χ2n) is 10.5. The SMILES string of the molecule is C[C@@H]1C(=O)[C@H](C(=O)OCc2ccc([N+](=O)[O-])cc2)N2C(=O)[C@H]([C@@H](C)O[Si](C)(C)C(C)(C)C)[C@@H]12. The number of nitro benzene ring substituents is 1. The van der Waals surface area contributed by atoms with E-state index in [1.165, 1.54) is 29.2 Å². The number of carbonyl (C=O) groups is 3. The molecule has 0 radical (unpaired) electrons. The van der Waals surface area contributed by atoms with E-state index < -0.39 is 37.1 Å². The van der Waals surface area contributed by atoms with Gasteiger partial charge in [0, 0.05) is 18.1 Å². The lowest BCUT2D eigenvalue weighted by Crippen LogP contribution is -2.67. The maximum Gasteiger partial charge on any atom is 0.337 e. The van der Waals surface area contributed by atoms with E-state index >= 15 is 0 Å². The zero-order valence-corrected chi connectivity index (χ0v) is 21.2. The third kappa shape index (κ3) is 4.46. The van der Waals surface area contributed by atoms with E-state index in [-0.39, 0.29) is 41.2 Å². The number of ketones is 1. The lowest BCUT2D eigenvalue weighted by Gasteiger charge is -2.50. The van der Waals surface area contributed by atoms with Crippen LogP contribution in [0.1, 0.15) is 40.2 Å². The molecule has 2 heterocycles. The summed E-state index contributed by atoms with van der Waals surface area (Å²) in [4.78, 5) is 50.3. The van der Waals surface area contributed by atoms with Gasteiger partial charge in [0.1, 0.15) is 6.61 Å². The molecule has 0 unspecified atom stereocenters. The molecule has 0 aromatic heterocycles. The van der Waals surface area contributed by atoms with Crippen molar-refractivity contribution in [3.63, 3.8) is 0 Å². The van der Waals surface area contributed by atoms with Gasteiger partial charge in [-0.25, -0.2) is 4.79 Å². The molecule has 0 aliphatic carbocycles. The van der Waals surface area contributed by atoms with Gasteiger partial charge in [-0.3, -0.25) is 19.7 Å². The Labute approximate surface area is 194 Å². The van der Waals surface area contributed by atoms with E-state index in [2.05, 4.69) is 33.9 Å². The molecule has 3 rings (SSSR count). The van der Waals surface area contributed by atoms with Crippen molar-refractivity contribution in [2.75, 3.05) is 0 Å². The highest BCUT2D eigenvalue weighted by Crippen LogP contribution is 2.46. The summed E-state index contributed by atoms with van der Waals surface area (Å²) in [6.45, 7) is 14.1. The Morgan fingerprint density at radius 1 is 1.21 bits per heavy atom. The zero-order chi connectivity index (χ0) is 24.9. The van der Waals surface area contributed by atoms with Gasteiger partial charge in [-0.2, -0.15) is 0 Å². The second kappa shape index (κ2) is 8.64. The number of fused-ring (bicyclic) bond motifs is 1. The quantitative estimate of drug-likeness (QED) is 0.148. The van der Waals surface area contributed by atoms with E-state index in [1.807, 2.05) is 6.92 Å². The Hall–Kier alpha value is -2.59. The number of ether oxygens (including phenoxy) is 1. The fraction of sp³-hybridized carbons (Fsp3) is 0.609. The number of carbonyl (C=O) groups excluding carboxylic acids is 3. The van der Waals surface area contributed by atoms with Crippen molar-refractivity contribution in [1.82, 2.24) is 4.90 Å². The van der Waals surface area contributed by atoms with Gasteiger partial charge in [0.15, 0.2) is 20.1 Å². The first kappa shape index (κ1) is 25.0. The van der Waals surface area contributed by atoms with E-state index in [0.29, 0.717) is 5.56 Å². The van der Waals surface area contributed by atoms with Gasteiger partial charge < -0.3 is 14.1 Å². The molecule has 2 aliphatic heterocycles.